The zero-order chi connectivity index (χ0) is 101. The molecule has 5 aromatic carbocycles. The number of pyridine rings is 7. The van der Waals surface area contributed by atoms with Gasteiger partial charge < -0.3 is 64.0 Å². The molecule has 1 saturated carbocycles. The first kappa shape index (κ1) is 102. The van der Waals surface area contributed by atoms with Gasteiger partial charge in [0.25, 0.3) is 29.5 Å². The number of fused-ring (bicyclic) bond motifs is 4. The Morgan fingerprint density at radius 1 is 0.390 bits per heavy atom. The van der Waals surface area contributed by atoms with Gasteiger partial charge in [-0.3, -0.25) is 34.1 Å². The van der Waals surface area contributed by atoms with E-state index in [2.05, 4.69) is 74.6 Å². The van der Waals surface area contributed by atoms with Crippen molar-refractivity contribution in [2.75, 3.05) is 6.61 Å². The second kappa shape index (κ2) is 45.9. The molecule has 11 heterocycles. The van der Waals surface area contributed by atoms with Gasteiger partial charge in [-0.2, -0.15) is 4.98 Å². The number of aromatic hydroxyl groups is 2. The minimum atomic E-state index is -0.976. The van der Waals surface area contributed by atoms with Crippen molar-refractivity contribution < 1.29 is 78.7 Å². The number of ether oxygens (including phenoxy) is 3. The maximum Gasteiger partial charge on any atom is 0.259 e. The maximum atomic E-state index is 13.7. The van der Waals surface area contributed by atoms with Crippen LogP contribution >= 0.6 is 0 Å². The van der Waals surface area contributed by atoms with E-state index in [4.69, 9.17) is 14.2 Å². The van der Waals surface area contributed by atoms with Gasteiger partial charge in [0.1, 0.15) is 34.5 Å². The summed E-state index contributed by atoms with van der Waals surface area (Å²) in [7, 11) is 0. The molecule has 732 valence electrons. The Hall–Kier alpha value is -15.4. The summed E-state index contributed by atoms with van der Waals surface area (Å²) < 4.78 is 134. The Morgan fingerprint density at radius 2 is 0.809 bits per heavy atom. The number of rotatable bonds is 31. The summed E-state index contributed by atoms with van der Waals surface area (Å²) in [5.74, 6) is -7.80. The molecule has 0 spiro atoms. The quantitative estimate of drug-likeness (QED) is 0.0220. The van der Waals surface area contributed by atoms with Gasteiger partial charge in [0.2, 0.25) is 5.88 Å². The van der Waals surface area contributed by atoms with Crippen LogP contribution in [0, 0.1) is 52.5 Å². The van der Waals surface area contributed by atoms with E-state index < -0.39 is 58.4 Å². The smallest absolute Gasteiger partial charge is 0.259 e. The fourth-order valence-electron chi connectivity index (χ4n) is 17.3. The lowest BCUT2D eigenvalue weighted by molar-refractivity contribution is 0.0942. The van der Waals surface area contributed by atoms with E-state index >= 15 is 0 Å². The van der Waals surface area contributed by atoms with E-state index in [9.17, 15) is 64.5 Å². The molecule has 1 aliphatic rings. The van der Waals surface area contributed by atoms with Crippen molar-refractivity contribution >= 4 is 67.6 Å². The summed E-state index contributed by atoms with van der Waals surface area (Å²) in [6.45, 7) is 26.3. The standard InChI is InChI=1S/C29H30F2N4O2.C28H30F2N4O2.C28H29F2N3O3.C24H22F2N4O2/c1-18(2)28-27(29(36)34-15-19-10-11-23(30)24(31)13-19)22-14-26(37-21-8-3-4-9-21)33-16-25(22)35(28)17-20-7-5-6-12-32-20;1-17(2)16-36-21-11-22-25(28(35)33-13-19-7-8-23(29)24(30)10-19)26(18(3)4)34(27(22)32-14-21)15-20-6-5-9-31-12-20;1-16(2)25-24(27(35)31-14-19-10-11-21(29)22(30)12-19)20-13-23(34)28(36-17(3)4)32-26(20)33(25)15-18-8-6-5-7-9-18;1-14(2)22-21(24(32)29-11-15-6-7-19(25)20(26)9-15)18-10-17(31)12-28-23(18)30(22)13-16-5-3-4-8-27-16/h5-7,10-14,16,18,21H,3-4,8-9,15,17H2,1-2H3,(H,34,36);5-12,14,17-18H,13,15-16H2,1-4H3,(H,33,35);5-13,16-17,34H,14-15H2,1-4H3,(H,31,35);3-10,12,14,31H,11,13H2,1-2H3,(H,29,32). The summed E-state index contributed by atoms with van der Waals surface area (Å²) in [6, 6.07) is 45.9. The van der Waals surface area contributed by atoms with Crippen LogP contribution in [0.25, 0.3) is 44.0 Å². The van der Waals surface area contributed by atoms with Crippen molar-refractivity contribution in [2.24, 2.45) is 5.92 Å². The van der Waals surface area contributed by atoms with E-state index in [1.54, 1.807) is 37.2 Å². The molecule has 11 aromatic heterocycles. The Bertz CT molecular complexity index is 7150. The van der Waals surface area contributed by atoms with Crippen LogP contribution in [0.2, 0.25) is 0 Å². The maximum absolute atomic E-state index is 13.7. The van der Waals surface area contributed by atoms with Gasteiger partial charge in [-0.1, -0.05) is 142 Å². The van der Waals surface area contributed by atoms with Crippen molar-refractivity contribution in [1.29, 1.82) is 0 Å². The highest BCUT2D eigenvalue weighted by molar-refractivity contribution is 6.11. The first-order valence-corrected chi connectivity index (χ1v) is 46.7. The lowest BCUT2D eigenvalue weighted by atomic mass is 10.0. The summed E-state index contributed by atoms with van der Waals surface area (Å²) in [6.07, 6.45) is 15.9. The number of benzene rings is 5. The van der Waals surface area contributed by atoms with E-state index in [1.165, 1.54) is 42.6 Å². The molecule has 17 rings (SSSR count). The molecule has 32 heteroatoms. The van der Waals surface area contributed by atoms with E-state index in [-0.39, 0.29) is 91.3 Å². The molecule has 141 heavy (non-hydrogen) atoms. The van der Waals surface area contributed by atoms with Crippen LogP contribution in [0.5, 0.6) is 29.0 Å². The highest BCUT2D eigenvalue weighted by Crippen LogP contribution is 2.41. The van der Waals surface area contributed by atoms with Gasteiger partial charge in [-0.15, -0.1) is 0 Å². The number of aromatic nitrogens is 11. The van der Waals surface area contributed by atoms with Crippen LogP contribution in [0.3, 0.4) is 0 Å². The minimum absolute atomic E-state index is 0.0000746. The number of carbonyl (C=O) groups excluding carboxylic acids is 4. The average Bonchev–Trinajstić information content (AvgIpc) is 1.60. The van der Waals surface area contributed by atoms with Gasteiger partial charge in [0.15, 0.2) is 52.3 Å². The van der Waals surface area contributed by atoms with Crippen molar-refractivity contribution in [2.45, 2.75) is 197 Å². The fraction of sp³-hybridized carbons (Fsp3) is 0.294. The monoisotopic (exact) mass is 1930 g/mol. The average molecular weight is 1930 g/mol. The number of nitrogens with one attached hydrogen (secondary N) is 4. The topological polar surface area (TPSA) is 294 Å². The summed E-state index contributed by atoms with van der Waals surface area (Å²) in [5.41, 5.74) is 12.9. The van der Waals surface area contributed by atoms with Crippen LogP contribution in [-0.2, 0) is 52.4 Å². The first-order chi connectivity index (χ1) is 67.6. The molecule has 0 unspecified atom stereocenters. The van der Waals surface area contributed by atoms with E-state index in [0.717, 1.165) is 130 Å². The predicted molar refractivity (Wildman–Crippen MR) is 523 cm³/mol. The molecule has 6 N–H and O–H groups in total. The predicted octanol–water partition coefficient (Wildman–Crippen LogP) is 22.4. The third-order valence-electron chi connectivity index (χ3n) is 23.5. The molecule has 4 amide bonds. The van der Waals surface area contributed by atoms with Crippen LogP contribution in [0.15, 0.2) is 219 Å². The van der Waals surface area contributed by atoms with Gasteiger partial charge in [-0.25, -0.2) is 50.1 Å². The zero-order valence-electron chi connectivity index (χ0n) is 80.2. The zero-order valence-corrected chi connectivity index (χ0v) is 80.2. The molecule has 0 atom stereocenters. The third-order valence-corrected chi connectivity index (χ3v) is 23.5. The van der Waals surface area contributed by atoms with Crippen molar-refractivity contribution in [3.8, 4) is 29.0 Å². The Labute approximate surface area is 810 Å². The third kappa shape index (κ3) is 24.7. The van der Waals surface area contributed by atoms with Crippen LogP contribution < -0.4 is 35.5 Å². The Kier molecular flexibility index (Phi) is 33.1. The second-order valence-corrected chi connectivity index (χ2v) is 36.4. The molecular formula is C109H111F8N15O9. The van der Waals surface area contributed by atoms with Gasteiger partial charge in [0, 0.05) is 108 Å². The molecule has 1 aliphatic carbocycles. The second-order valence-electron chi connectivity index (χ2n) is 36.4. The van der Waals surface area contributed by atoms with E-state index in [0.29, 0.717) is 128 Å². The minimum Gasteiger partial charge on any atom is -0.506 e. The van der Waals surface area contributed by atoms with Crippen molar-refractivity contribution in [3.05, 3.63) is 356 Å². The molecule has 1 fully saturated rings. The molecule has 16 aromatic rings. The van der Waals surface area contributed by atoms with E-state index in [1.807, 2.05) is 174 Å². The van der Waals surface area contributed by atoms with Gasteiger partial charge >= 0.3 is 0 Å². The molecule has 24 nitrogen and oxygen atoms in total. The highest BCUT2D eigenvalue weighted by Gasteiger charge is 2.33. The lowest BCUT2D eigenvalue weighted by Gasteiger charge is -2.15. The normalized spacial score (nSPS) is 12.1. The first-order valence-electron chi connectivity index (χ1n) is 46.7. The Morgan fingerprint density at radius 3 is 1.25 bits per heavy atom. The highest BCUT2D eigenvalue weighted by atomic mass is 19.2. The van der Waals surface area contributed by atoms with Crippen LogP contribution in [-0.4, -0.2) is 106 Å². The van der Waals surface area contributed by atoms with Gasteiger partial charge in [0.05, 0.1) is 90.1 Å². The Balaban J connectivity index is 0.000000150. The molecule has 0 bridgehead atoms. The number of hydrogen-bond donors (Lipinski definition) is 6. The molecular weight excluding hydrogens is 1820 g/mol. The lowest BCUT2D eigenvalue weighted by Crippen LogP contribution is -2.24. The van der Waals surface area contributed by atoms with Gasteiger partial charge in [-0.05, 0) is 200 Å². The fourth-order valence-corrected chi connectivity index (χ4v) is 17.3. The molecule has 0 radical (unpaired) electrons. The number of halogens is 8. The van der Waals surface area contributed by atoms with Crippen LogP contribution in [0.1, 0.15) is 241 Å². The van der Waals surface area contributed by atoms with Crippen molar-refractivity contribution in [1.82, 2.24) is 74.4 Å². The molecule has 0 aliphatic heterocycles. The number of carbonyl (C=O) groups is 4. The molecule has 0 saturated heterocycles. The summed E-state index contributed by atoms with van der Waals surface area (Å²) in [4.78, 5) is 85.4. The number of amides is 4. The summed E-state index contributed by atoms with van der Waals surface area (Å²) in [5, 5.41) is 34.5. The van der Waals surface area contributed by atoms with Crippen molar-refractivity contribution in [3.63, 3.8) is 0 Å². The largest absolute Gasteiger partial charge is 0.506 e. The SMILES string of the molecule is CC(C)COc1cnc2c(c1)c(C(=O)NCc1ccc(F)c(F)c1)c(C(C)C)n2Cc1cccnc1.CC(C)Oc1nc2c(cc1O)c(C(=O)NCc1ccc(F)c(F)c1)c(C(C)C)n2Cc1ccccc1.CC(C)c1c(C(=O)NCc2ccc(F)c(F)c2)c2cc(O)cnc2n1Cc1ccccn1.CC(C)c1c(C(=O)NCc2ccc(F)c(F)c2)c2cc(OC3CCCC3)ncc2n1Cc1ccccn1. The number of hydrogen-bond acceptors (Lipinski definition) is 16. The van der Waals surface area contributed by atoms with Crippen LogP contribution in [0.4, 0.5) is 35.1 Å². The summed E-state index contributed by atoms with van der Waals surface area (Å²) >= 11 is 0. The number of nitrogens with zero attached hydrogens (tertiary/aromatic N) is 11.